The maximum Gasteiger partial charge on any atom is 0.357 e. The van der Waals surface area contributed by atoms with E-state index in [0.29, 0.717) is 47.3 Å². The number of nitrogens with one attached hydrogen (secondary N) is 2. The van der Waals surface area contributed by atoms with Gasteiger partial charge in [0.1, 0.15) is 17.7 Å². The zero-order valence-corrected chi connectivity index (χ0v) is 25.9. The summed E-state index contributed by atoms with van der Waals surface area (Å²) >= 11 is 0. The van der Waals surface area contributed by atoms with Gasteiger partial charge in [-0.1, -0.05) is 24.6 Å². The molecule has 3 N–H and O–H groups in total. The van der Waals surface area contributed by atoms with E-state index in [2.05, 4.69) is 15.7 Å². The van der Waals surface area contributed by atoms with Crippen LogP contribution in [0, 0.1) is 5.82 Å². The highest BCUT2D eigenvalue weighted by Gasteiger charge is 2.55. The molecule has 2 heterocycles. The molecule has 1 aliphatic heterocycles. The normalized spacial score (nSPS) is 26.9. The summed E-state index contributed by atoms with van der Waals surface area (Å²) in [5.74, 6) is -1.19. The molecule has 8 rings (SSSR count). The first-order valence-electron chi connectivity index (χ1n) is 16.9. The maximum absolute atomic E-state index is 15.7. The molecule has 5 aliphatic rings. The van der Waals surface area contributed by atoms with Crippen molar-refractivity contribution in [2.45, 2.75) is 112 Å². The van der Waals surface area contributed by atoms with Crippen molar-refractivity contribution in [3.8, 4) is 28.0 Å². The Hall–Kier alpha value is -3.79. The fourth-order valence-electron chi connectivity index (χ4n) is 7.96. The minimum Gasteiger partial charge on any atom is -0.490 e. The van der Waals surface area contributed by atoms with Crippen LogP contribution in [0.25, 0.3) is 22.3 Å². The molecule has 1 aromatic heterocycles. The van der Waals surface area contributed by atoms with E-state index in [1.165, 1.54) is 6.07 Å². The summed E-state index contributed by atoms with van der Waals surface area (Å²) in [4.78, 5) is 25.3. The molecule has 0 radical (unpaired) electrons. The monoisotopic (exact) mass is 630 g/mol. The molecule has 1 saturated heterocycles. The largest absolute Gasteiger partial charge is 0.490 e. The van der Waals surface area contributed by atoms with Crippen molar-refractivity contribution in [2.75, 3.05) is 6.54 Å². The summed E-state index contributed by atoms with van der Waals surface area (Å²) in [5.41, 5.74) is 1.19. The Labute approximate surface area is 266 Å². The van der Waals surface area contributed by atoms with E-state index >= 15 is 8.78 Å². The molecule has 0 bridgehead atoms. The predicted molar refractivity (Wildman–Crippen MR) is 168 cm³/mol. The Morgan fingerprint density at radius 2 is 1.85 bits per heavy atom. The van der Waals surface area contributed by atoms with E-state index in [1.807, 2.05) is 24.3 Å². The van der Waals surface area contributed by atoms with Crippen molar-refractivity contribution in [2.24, 2.45) is 0 Å². The van der Waals surface area contributed by atoms with Crippen LogP contribution in [0.3, 0.4) is 0 Å². The number of carboxylic acids is 1. The van der Waals surface area contributed by atoms with Gasteiger partial charge in [0.25, 0.3) is 5.91 Å². The lowest BCUT2D eigenvalue weighted by atomic mass is 9.74. The lowest BCUT2D eigenvalue weighted by Gasteiger charge is -2.38. The highest BCUT2D eigenvalue weighted by Crippen LogP contribution is 2.47. The van der Waals surface area contributed by atoms with Gasteiger partial charge in [0.15, 0.2) is 5.69 Å². The molecule has 0 unspecified atom stereocenters. The van der Waals surface area contributed by atoms with E-state index in [9.17, 15) is 14.7 Å². The van der Waals surface area contributed by atoms with Crippen LogP contribution < -0.4 is 15.4 Å². The number of ether oxygens (including phenoxy) is 1. The van der Waals surface area contributed by atoms with Gasteiger partial charge in [-0.2, -0.15) is 5.10 Å². The van der Waals surface area contributed by atoms with E-state index in [1.54, 1.807) is 16.9 Å². The third-order valence-corrected chi connectivity index (χ3v) is 11.1. The van der Waals surface area contributed by atoms with E-state index in [-0.39, 0.29) is 54.1 Å². The van der Waals surface area contributed by atoms with E-state index < -0.39 is 17.5 Å². The lowest BCUT2D eigenvalue weighted by molar-refractivity contribution is -0.133. The van der Waals surface area contributed by atoms with Crippen LogP contribution in [0.5, 0.6) is 5.75 Å². The SMILES string of the molecule is O=C(O)c1nn(C2CC2)cc1-c1ccc(O[C@@H]2CC[C@@H](NC(=O)[C@@]3(F)CNC4(CCC4)C3)C2)c(-c2cccc(F)c2C2CCC2)c1. The summed E-state index contributed by atoms with van der Waals surface area (Å²) in [5, 5.41) is 20.6. The minimum atomic E-state index is -1.89. The summed E-state index contributed by atoms with van der Waals surface area (Å²) in [6.07, 6.45) is 11.4. The average molecular weight is 631 g/mol. The zero-order valence-electron chi connectivity index (χ0n) is 25.9. The van der Waals surface area contributed by atoms with Crippen LogP contribution in [-0.4, -0.2) is 56.7 Å². The number of rotatable bonds is 9. The minimum absolute atomic E-state index is 0.00863. The van der Waals surface area contributed by atoms with Crippen LogP contribution >= 0.6 is 0 Å². The highest BCUT2D eigenvalue weighted by molar-refractivity contribution is 5.95. The summed E-state index contributed by atoms with van der Waals surface area (Å²) in [6.45, 7) is 0.0569. The van der Waals surface area contributed by atoms with Gasteiger partial charge in [0.2, 0.25) is 5.67 Å². The van der Waals surface area contributed by atoms with Crippen molar-refractivity contribution >= 4 is 11.9 Å². The summed E-state index contributed by atoms with van der Waals surface area (Å²) in [6, 6.07) is 10.7. The summed E-state index contributed by atoms with van der Waals surface area (Å²) < 4.78 is 39.4. The molecule has 1 amide bonds. The Bertz CT molecular complexity index is 1690. The van der Waals surface area contributed by atoms with Crippen LogP contribution in [0.4, 0.5) is 8.78 Å². The first-order chi connectivity index (χ1) is 22.2. The molecule has 2 aromatic carbocycles. The van der Waals surface area contributed by atoms with Gasteiger partial charge in [-0.25, -0.2) is 13.6 Å². The second-order valence-corrected chi connectivity index (χ2v) is 14.3. The summed E-state index contributed by atoms with van der Waals surface area (Å²) in [7, 11) is 0. The molecular weight excluding hydrogens is 590 g/mol. The predicted octanol–water partition coefficient (Wildman–Crippen LogP) is 6.70. The number of nitrogens with zero attached hydrogens (tertiary/aromatic N) is 2. The second kappa shape index (κ2) is 11.2. The molecule has 8 nitrogen and oxygen atoms in total. The van der Waals surface area contributed by atoms with Crippen molar-refractivity contribution in [3.05, 3.63) is 59.7 Å². The first-order valence-corrected chi connectivity index (χ1v) is 16.9. The van der Waals surface area contributed by atoms with Gasteiger partial charge in [0, 0.05) is 48.3 Å². The maximum atomic E-state index is 15.7. The number of halogens is 2. The fourth-order valence-corrected chi connectivity index (χ4v) is 7.96. The first kappa shape index (κ1) is 29.6. The molecule has 10 heteroatoms. The number of alkyl halides is 1. The fraction of sp³-hybridized carbons (Fsp3) is 0.528. The molecule has 3 atom stereocenters. The van der Waals surface area contributed by atoms with Gasteiger partial charge in [0.05, 0.1) is 6.04 Å². The molecule has 5 fully saturated rings. The van der Waals surface area contributed by atoms with Crippen molar-refractivity contribution in [1.29, 1.82) is 0 Å². The van der Waals surface area contributed by atoms with Gasteiger partial charge in [-0.05, 0) is 98.6 Å². The number of aromatic nitrogens is 2. The Balaban J connectivity index is 1.07. The third-order valence-electron chi connectivity index (χ3n) is 11.1. The van der Waals surface area contributed by atoms with Gasteiger partial charge in [-0.3, -0.25) is 9.48 Å². The van der Waals surface area contributed by atoms with Crippen molar-refractivity contribution < 1.29 is 28.2 Å². The van der Waals surface area contributed by atoms with Crippen LogP contribution in [0.2, 0.25) is 0 Å². The number of amides is 1. The number of carbonyl (C=O) groups is 2. The van der Waals surface area contributed by atoms with Gasteiger partial charge < -0.3 is 20.5 Å². The second-order valence-electron chi connectivity index (χ2n) is 14.3. The van der Waals surface area contributed by atoms with Gasteiger partial charge >= 0.3 is 5.97 Å². The molecule has 4 saturated carbocycles. The Morgan fingerprint density at radius 1 is 1.02 bits per heavy atom. The van der Waals surface area contributed by atoms with Gasteiger partial charge in [-0.15, -0.1) is 0 Å². The van der Waals surface area contributed by atoms with Crippen molar-refractivity contribution in [3.63, 3.8) is 0 Å². The van der Waals surface area contributed by atoms with Crippen LogP contribution in [0.1, 0.15) is 105 Å². The Kier molecular flexibility index (Phi) is 7.19. The number of carboxylic acid groups (broad SMARTS) is 1. The number of aromatic carboxylic acids is 1. The van der Waals surface area contributed by atoms with Crippen LogP contribution in [0.15, 0.2) is 42.6 Å². The number of carbonyl (C=O) groups excluding carboxylic acids is 1. The standard InChI is InChI=1S/C36H40F2N4O4/c37-29-7-2-6-26(31(29)21-4-1-5-21)27-16-22(28-18-42(24-10-11-24)41-32(28)33(43)44)8-13-30(27)46-25-12-9-23(17-25)40-34(45)36(38)19-35(39-20-36)14-3-15-35/h2,6-8,13,16,18,21,23-25,39H,1,3-5,9-12,14-15,17,19-20H2,(H,40,45)(H,43,44)/t23-,25-,36+/m1/s1. The molecular formula is C36H40F2N4O4. The molecule has 4 aliphatic carbocycles. The molecule has 46 heavy (non-hydrogen) atoms. The highest BCUT2D eigenvalue weighted by atomic mass is 19.1. The van der Waals surface area contributed by atoms with E-state index in [0.717, 1.165) is 56.9 Å². The molecule has 242 valence electrons. The van der Waals surface area contributed by atoms with Crippen LogP contribution in [-0.2, 0) is 4.79 Å². The van der Waals surface area contributed by atoms with Crippen molar-refractivity contribution in [1.82, 2.24) is 20.4 Å². The number of hydrogen-bond donors (Lipinski definition) is 3. The smallest absolute Gasteiger partial charge is 0.357 e. The zero-order chi connectivity index (χ0) is 31.6. The number of hydrogen-bond acceptors (Lipinski definition) is 5. The Morgan fingerprint density at radius 3 is 2.52 bits per heavy atom. The molecule has 3 aromatic rings. The molecule has 1 spiro atoms. The lowest BCUT2D eigenvalue weighted by Crippen LogP contribution is -2.49. The quantitative estimate of drug-likeness (QED) is 0.243. The topological polar surface area (TPSA) is 105 Å². The average Bonchev–Trinajstić information content (AvgIpc) is 3.39. The number of benzene rings is 2. The third kappa shape index (κ3) is 5.28. The van der Waals surface area contributed by atoms with E-state index in [4.69, 9.17) is 4.74 Å².